The number of benzene rings is 1. The van der Waals surface area contributed by atoms with Crippen molar-refractivity contribution in [3.8, 4) is 11.5 Å². The van der Waals surface area contributed by atoms with Crippen LogP contribution in [0.1, 0.15) is 18.9 Å². The molecule has 6 heteroatoms. The zero-order valence-electron chi connectivity index (χ0n) is 12.6. The number of hydrogen-bond acceptors (Lipinski definition) is 6. The third-order valence-electron chi connectivity index (χ3n) is 3.67. The van der Waals surface area contributed by atoms with Gasteiger partial charge in [0.05, 0.1) is 25.9 Å². The van der Waals surface area contributed by atoms with Gasteiger partial charge in [-0.15, -0.1) is 0 Å². The quantitative estimate of drug-likeness (QED) is 0.772. The molecule has 6 nitrogen and oxygen atoms in total. The zero-order chi connectivity index (χ0) is 15.4. The number of fused-ring (bicyclic) bond motifs is 1. The van der Waals surface area contributed by atoms with Gasteiger partial charge in [0.25, 0.3) is 0 Å². The van der Waals surface area contributed by atoms with E-state index in [4.69, 9.17) is 23.7 Å². The van der Waals surface area contributed by atoms with Crippen molar-refractivity contribution in [2.45, 2.75) is 32.0 Å². The Morgan fingerprint density at radius 2 is 2.18 bits per heavy atom. The Bertz CT molecular complexity index is 523. The van der Waals surface area contributed by atoms with Crippen molar-refractivity contribution in [2.24, 2.45) is 0 Å². The number of carbonyl (C=O) groups is 1. The molecule has 0 saturated carbocycles. The molecule has 120 valence electrons. The van der Waals surface area contributed by atoms with Gasteiger partial charge in [0.2, 0.25) is 6.79 Å². The van der Waals surface area contributed by atoms with Crippen molar-refractivity contribution in [1.82, 2.24) is 0 Å². The molecule has 0 radical (unpaired) electrons. The average molecular weight is 308 g/mol. The Balaban J connectivity index is 1.45. The molecule has 0 bridgehead atoms. The summed E-state index contributed by atoms with van der Waals surface area (Å²) < 4.78 is 26.6. The fraction of sp³-hybridized carbons (Fsp3) is 0.562. The molecule has 2 atom stereocenters. The summed E-state index contributed by atoms with van der Waals surface area (Å²) in [7, 11) is 0. The Kier molecular flexibility index (Phi) is 4.80. The zero-order valence-corrected chi connectivity index (χ0v) is 12.6. The fourth-order valence-electron chi connectivity index (χ4n) is 2.42. The van der Waals surface area contributed by atoms with Crippen LogP contribution in [0.2, 0.25) is 0 Å². The molecule has 3 rings (SSSR count). The molecule has 1 fully saturated rings. The van der Waals surface area contributed by atoms with Crippen LogP contribution in [0.15, 0.2) is 18.2 Å². The minimum absolute atomic E-state index is 0.177. The van der Waals surface area contributed by atoms with Crippen molar-refractivity contribution in [2.75, 3.05) is 26.6 Å². The summed E-state index contributed by atoms with van der Waals surface area (Å²) in [4.78, 5) is 11.9. The molecule has 1 saturated heterocycles. The van der Waals surface area contributed by atoms with Gasteiger partial charge in [-0.2, -0.15) is 0 Å². The number of ether oxygens (including phenoxy) is 5. The molecule has 0 unspecified atom stereocenters. The van der Waals surface area contributed by atoms with Gasteiger partial charge in [0.1, 0.15) is 0 Å². The minimum Gasteiger partial charge on any atom is -0.461 e. The highest BCUT2D eigenvalue weighted by molar-refractivity contribution is 5.75. The van der Waals surface area contributed by atoms with E-state index >= 15 is 0 Å². The standard InChI is InChI=1S/C16H20O6/c1-11(22-16(17)15-9-18-6-7-19-15)2-3-12-4-5-13-14(8-12)21-10-20-13/h4-5,8,11,15H,2-3,6-7,9-10H2,1H3/t11-,15+/m1/s1. The lowest BCUT2D eigenvalue weighted by Gasteiger charge is -2.23. The lowest BCUT2D eigenvalue weighted by atomic mass is 10.1. The third kappa shape index (κ3) is 3.69. The minimum atomic E-state index is -0.596. The molecule has 0 aliphatic carbocycles. The predicted octanol–water partition coefficient (Wildman–Crippen LogP) is 1.69. The molecule has 0 spiro atoms. The maximum atomic E-state index is 11.9. The van der Waals surface area contributed by atoms with E-state index in [0.717, 1.165) is 29.9 Å². The second-order valence-corrected chi connectivity index (χ2v) is 5.41. The lowest BCUT2D eigenvalue weighted by molar-refractivity contribution is -0.175. The number of hydrogen-bond donors (Lipinski definition) is 0. The maximum absolute atomic E-state index is 11.9. The van der Waals surface area contributed by atoms with E-state index in [1.165, 1.54) is 0 Å². The largest absolute Gasteiger partial charge is 0.461 e. The SMILES string of the molecule is C[C@H](CCc1ccc2c(c1)OCO2)OC(=O)[C@@H]1COCCO1. The van der Waals surface area contributed by atoms with Crippen LogP contribution in [0.4, 0.5) is 0 Å². The molecular formula is C16H20O6. The summed E-state index contributed by atoms with van der Waals surface area (Å²) in [5, 5.41) is 0. The van der Waals surface area contributed by atoms with E-state index in [1.807, 2.05) is 25.1 Å². The van der Waals surface area contributed by atoms with Crippen molar-refractivity contribution in [3.05, 3.63) is 23.8 Å². The Labute approximate surface area is 129 Å². The topological polar surface area (TPSA) is 63.2 Å². The highest BCUT2D eigenvalue weighted by atomic mass is 16.7. The maximum Gasteiger partial charge on any atom is 0.337 e. The van der Waals surface area contributed by atoms with Crippen molar-refractivity contribution >= 4 is 5.97 Å². The van der Waals surface area contributed by atoms with Gasteiger partial charge >= 0.3 is 5.97 Å². The van der Waals surface area contributed by atoms with E-state index in [1.54, 1.807) is 0 Å². The van der Waals surface area contributed by atoms with Crippen LogP contribution in [-0.2, 0) is 25.4 Å². The van der Waals surface area contributed by atoms with E-state index in [-0.39, 0.29) is 25.5 Å². The van der Waals surface area contributed by atoms with Crippen LogP contribution in [0.3, 0.4) is 0 Å². The Hall–Kier alpha value is -1.79. The van der Waals surface area contributed by atoms with Gasteiger partial charge in [0.15, 0.2) is 17.6 Å². The van der Waals surface area contributed by atoms with Crippen LogP contribution >= 0.6 is 0 Å². The van der Waals surface area contributed by atoms with Crippen LogP contribution in [-0.4, -0.2) is 44.8 Å². The first-order valence-corrected chi connectivity index (χ1v) is 7.51. The van der Waals surface area contributed by atoms with Crippen molar-refractivity contribution in [1.29, 1.82) is 0 Å². The summed E-state index contributed by atoms with van der Waals surface area (Å²) in [6, 6.07) is 5.87. The van der Waals surface area contributed by atoms with Gasteiger partial charge in [-0.05, 0) is 37.5 Å². The van der Waals surface area contributed by atoms with E-state index in [0.29, 0.717) is 13.2 Å². The van der Waals surface area contributed by atoms with Crippen molar-refractivity contribution < 1.29 is 28.5 Å². The second-order valence-electron chi connectivity index (χ2n) is 5.41. The van der Waals surface area contributed by atoms with Crippen molar-refractivity contribution in [3.63, 3.8) is 0 Å². The lowest BCUT2D eigenvalue weighted by Crippen LogP contribution is -2.38. The van der Waals surface area contributed by atoms with Crippen LogP contribution in [0.5, 0.6) is 11.5 Å². The van der Waals surface area contributed by atoms with E-state index in [9.17, 15) is 4.79 Å². The summed E-state index contributed by atoms with van der Waals surface area (Å²) in [6.07, 6.45) is 0.761. The Morgan fingerprint density at radius 1 is 1.32 bits per heavy atom. The number of rotatable bonds is 5. The first-order chi connectivity index (χ1) is 10.7. The normalized spacial score (nSPS) is 21.4. The number of esters is 1. The molecular weight excluding hydrogens is 288 g/mol. The van der Waals surface area contributed by atoms with Gasteiger partial charge in [-0.25, -0.2) is 4.79 Å². The van der Waals surface area contributed by atoms with Gasteiger partial charge in [0, 0.05) is 0 Å². The monoisotopic (exact) mass is 308 g/mol. The molecule has 22 heavy (non-hydrogen) atoms. The highest BCUT2D eigenvalue weighted by Gasteiger charge is 2.25. The third-order valence-corrected chi connectivity index (χ3v) is 3.67. The second kappa shape index (κ2) is 6.98. The van der Waals surface area contributed by atoms with Crippen LogP contribution < -0.4 is 9.47 Å². The van der Waals surface area contributed by atoms with Gasteiger partial charge in [-0.3, -0.25) is 0 Å². The Morgan fingerprint density at radius 3 is 3.00 bits per heavy atom. The average Bonchev–Trinajstić information content (AvgIpc) is 3.01. The van der Waals surface area contributed by atoms with Gasteiger partial charge < -0.3 is 23.7 Å². The molecule has 1 aromatic rings. The summed E-state index contributed by atoms with van der Waals surface area (Å²) in [6.45, 7) is 3.40. The fourth-order valence-corrected chi connectivity index (χ4v) is 2.42. The molecule has 2 aliphatic heterocycles. The molecule has 0 amide bonds. The van der Waals surface area contributed by atoms with E-state index < -0.39 is 6.10 Å². The molecule has 1 aromatic carbocycles. The first-order valence-electron chi connectivity index (χ1n) is 7.51. The molecule has 0 aromatic heterocycles. The first kappa shape index (κ1) is 15.1. The number of aryl methyl sites for hydroxylation is 1. The number of carbonyl (C=O) groups excluding carboxylic acids is 1. The van der Waals surface area contributed by atoms with Crippen LogP contribution in [0, 0.1) is 0 Å². The summed E-state index contributed by atoms with van der Waals surface area (Å²) in [5.41, 5.74) is 1.13. The summed E-state index contributed by atoms with van der Waals surface area (Å²) >= 11 is 0. The smallest absolute Gasteiger partial charge is 0.337 e. The summed E-state index contributed by atoms with van der Waals surface area (Å²) in [5.74, 6) is 1.20. The van der Waals surface area contributed by atoms with Gasteiger partial charge in [-0.1, -0.05) is 6.07 Å². The van der Waals surface area contributed by atoms with E-state index in [2.05, 4.69) is 0 Å². The molecule has 2 aliphatic rings. The highest BCUT2D eigenvalue weighted by Crippen LogP contribution is 2.32. The molecule has 2 heterocycles. The predicted molar refractivity (Wildman–Crippen MR) is 77.0 cm³/mol. The van der Waals surface area contributed by atoms with Crippen LogP contribution in [0.25, 0.3) is 0 Å². The molecule has 0 N–H and O–H groups in total.